The van der Waals surface area contributed by atoms with E-state index >= 15 is 0 Å². The topological polar surface area (TPSA) is 74.3 Å². The highest BCUT2D eigenvalue weighted by molar-refractivity contribution is 5.82. The smallest absolute Gasteiger partial charge is 0.315 e. The molecule has 1 saturated heterocycles. The number of nitrogens with zero attached hydrogens (tertiary/aromatic N) is 2. The molecule has 2 fully saturated rings. The van der Waals surface area contributed by atoms with Crippen LogP contribution in [0.1, 0.15) is 31.0 Å². The van der Waals surface area contributed by atoms with Crippen molar-refractivity contribution >= 4 is 11.9 Å². The number of rotatable bonds is 4. The molecule has 1 aromatic rings. The number of urea groups is 1. The number of amides is 3. The largest absolute Gasteiger partial charge is 0.337 e. The van der Waals surface area contributed by atoms with Gasteiger partial charge < -0.3 is 15.5 Å². The van der Waals surface area contributed by atoms with E-state index < -0.39 is 0 Å². The summed E-state index contributed by atoms with van der Waals surface area (Å²) in [5.41, 5.74) is 1.90. The molecule has 6 heteroatoms. The van der Waals surface area contributed by atoms with Crippen LogP contribution in [0.3, 0.4) is 0 Å². The molecule has 0 aromatic carbocycles. The third-order valence-electron chi connectivity index (χ3n) is 4.50. The maximum atomic E-state index is 12.0. The predicted molar refractivity (Wildman–Crippen MR) is 82.0 cm³/mol. The Bertz CT molecular complexity index is 589. The molecule has 118 valence electrons. The fraction of sp³-hybridized carbons (Fsp3) is 0.562. The van der Waals surface area contributed by atoms with E-state index in [1.54, 1.807) is 6.20 Å². The predicted octanol–water partition coefficient (Wildman–Crippen LogP) is 1.20. The number of likely N-dealkylation sites (tertiary alicyclic amines) is 1. The van der Waals surface area contributed by atoms with Crippen molar-refractivity contribution in [2.75, 3.05) is 6.54 Å². The Morgan fingerprint density at radius 2 is 2.27 bits per heavy atom. The Balaban J connectivity index is 1.46. The summed E-state index contributed by atoms with van der Waals surface area (Å²) in [7, 11) is 0. The summed E-state index contributed by atoms with van der Waals surface area (Å²) >= 11 is 0. The van der Waals surface area contributed by atoms with E-state index in [9.17, 15) is 9.59 Å². The van der Waals surface area contributed by atoms with Gasteiger partial charge in [0.15, 0.2) is 0 Å². The maximum Gasteiger partial charge on any atom is 0.315 e. The molecule has 2 heterocycles. The number of hydrogen-bond acceptors (Lipinski definition) is 3. The minimum atomic E-state index is -0.242. The van der Waals surface area contributed by atoms with Crippen molar-refractivity contribution in [3.8, 4) is 0 Å². The van der Waals surface area contributed by atoms with Gasteiger partial charge in [-0.05, 0) is 30.9 Å². The van der Waals surface area contributed by atoms with E-state index in [0.29, 0.717) is 31.5 Å². The molecule has 3 rings (SSSR count). The van der Waals surface area contributed by atoms with Crippen LogP contribution in [0, 0.1) is 12.8 Å². The SMILES string of the molecule is Cc1cccnc1CNC(=O)N[C@@H]1CC(=O)N([C@@H]2C[C@@H]2C)C1. The van der Waals surface area contributed by atoms with Crippen LogP contribution in [-0.2, 0) is 11.3 Å². The van der Waals surface area contributed by atoms with Crippen molar-refractivity contribution in [1.29, 1.82) is 0 Å². The van der Waals surface area contributed by atoms with Gasteiger partial charge in [-0.2, -0.15) is 0 Å². The second-order valence-electron chi connectivity index (χ2n) is 6.32. The molecule has 1 aromatic heterocycles. The van der Waals surface area contributed by atoms with Crippen molar-refractivity contribution in [3.05, 3.63) is 29.6 Å². The summed E-state index contributed by atoms with van der Waals surface area (Å²) in [6.45, 7) is 5.14. The van der Waals surface area contributed by atoms with Gasteiger partial charge in [0, 0.05) is 25.2 Å². The van der Waals surface area contributed by atoms with E-state index in [2.05, 4.69) is 22.5 Å². The molecule has 0 radical (unpaired) electrons. The summed E-state index contributed by atoms with van der Waals surface area (Å²) in [4.78, 5) is 30.1. The van der Waals surface area contributed by atoms with Gasteiger partial charge in [-0.15, -0.1) is 0 Å². The molecule has 2 N–H and O–H groups in total. The van der Waals surface area contributed by atoms with Gasteiger partial charge in [-0.3, -0.25) is 9.78 Å². The van der Waals surface area contributed by atoms with Crippen LogP contribution in [0.25, 0.3) is 0 Å². The highest BCUT2D eigenvalue weighted by Gasteiger charge is 2.44. The van der Waals surface area contributed by atoms with Crippen LogP contribution in [0.4, 0.5) is 4.79 Å². The van der Waals surface area contributed by atoms with Crippen LogP contribution in [0.2, 0.25) is 0 Å². The number of aromatic nitrogens is 1. The second kappa shape index (κ2) is 5.94. The Kier molecular flexibility index (Phi) is 4.00. The molecule has 1 aliphatic carbocycles. The number of hydrogen-bond donors (Lipinski definition) is 2. The third kappa shape index (κ3) is 3.21. The van der Waals surface area contributed by atoms with Crippen molar-refractivity contribution in [2.24, 2.45) is 5.92 Å². The first-order valence-corrected chi connectivity index (χ1v) is 7.79. The summed E-state index contributed by atoms with van der Waals surface area (Å²) < 4.78 is 0. The average Bonchev–Trinajstić information content (AvgIpc) is 3.09. The van der Waals surface area contributed by atoms with Crippen molar-refractivity contribution in [3.63, 3.8) is 0 Å². The highest BCUT2D eigenvalue weighted by atomic mass is 16.2. The Hall–Kier alpha value is -2.11. The Labute approximate surface area is 130 Å². The van der Waals surface area contributed by atoms with Crippen molar-refractivity contribution in [2.45, 2.75) is 45.3 Å². The molecule has 1 aliphatic heterocycles. The molecule has 0 unspecified atom stereocenters. The van der Waals surface area contributed by atoms with Crippen molar-refractivity contribution < 1.29 is 9.59 Å². The van der Waals surface area contributed by atoms with E-state index in [1.165, 1.54) is 0 Å². The molecule has 0 bridgehead atoms. The highest BCUT2D eigenvalue weighted by Crippen LogP contribution is 2.37. The normalized spacial score (nSPS) is 26.9. The number of pyridine rings is 1. The summed E-state index contributed by atoms with van der Waals surface area (Å²) in [6.07, 6.45) is 3.20. The standard InChI is InChI=1S/C16H22N4O2/c1-10-4-3-5-17-13(10)8-18-16(22)19-12-7-15(21)20(9-12)14-6-11(14)2/h3-5,11-12,14H,6-9H2,1-2H3,(H2,18,19,22)/t11-,12+,14+/m0/s1. The molecule has 22 heavy (non-hydrogen) atoms. The lowest BCUT2D eigenvalue weighted by molar-refractivity contribution is -0.128. The van der Waals surface area contributed by atoms with Crippen LogP contribution < -0.4 is 10.6 Å². The zero-order valence-corrected chi connectivity index (χ0v) is 13.0. The minimum absolute atomic E-state index is 0.0925. The monoisotopic (exact) mass is 302 g/mol. The minimum Gasteiger partial charge on any atom is -0.337 e. The Morgan fingerprint density at radius 3 is 2.95 bits per heavy atom. The summed E-state index contributed by atoms with van der Waals surface area (Å²) in [6, 6.07) is 3.89. The molecular weight excluding hydrogens is 280 g/mol. The molecule has 3 atom stereocenters. The molecular formula is C16H22N4O2. The first-order chi connectivity index (χ1) is 10.5. The maximum absolute atomic E-state index is 12.0. The lowest BCUT2D eigenvalue weighted by atomic mass is 10.2. The zero-order valence-electron chi connectivity index (χ0n) is 13.0. The lowest BCUT2D eigenvalue weighted by Crippen LogP contribution is -2.43. The van der Waals surface area contributed by atoms with Gasteiger partial charge in [-0.25, -0.2) is 4.79 Å². The Morgan fingerprint density at radius 1 is 1.50 bits per heavy atom. The van der Waals surface area contributed by atoms with Gasteiger partial charge in [-0.1, -0.05) is 13.0 Å². The van der Waals surface area contributed by atoms with Crippen LogP contribution >= 0.6 is 0 Å². The van der Waals surface area contributed by atoms with Gasteiger partial charge in [0.05, 0.1) is 18.3 Å². The summed E-state index contributed by atoms with van der Waals surface area (Å²) in [5.74, 6) is 0.754. The van der Waals surface area contributed by atoms with E-state index in [0.717, 1.165) is 17.7 Å². The molecule has 1 saturated carbocycles. The second-order valence-corrected chi connectivity index (χ2v) is 6.32. The van der Waals surface area contributed by atoms with Gasteiger partial charge >= 0.3 is 6.03 Å². The first kappa shape index (κ1) is 14.8. The molecule has 6 nitrogen and oxygen atoms in total. The van der Waals surface area contributed by atoms with Crippen LogP contribution in [0.5, 0.6) is 0 Å². The fourth-order valence-electron chi connectivity index (χ4n) is 2.99. The fourth-order valence-corrected chi connectivity index (χ4v) is 2.99. The van der Waals surface area contributed by atoms with Gasteiger partial charge in [0.25, 0.3) is 0 Å². The number of carbonyl (C=O) groups is 2. The summed E-state index contributed by atoms with van der Waals surface area (Å²) in [5, 5.41) is 5.69. The number of nitrogens with one attached hydrogen (secondary N) is 2. The van der Waals surface area contributed by atoms with E-state index in [4.69, 9.17) is 0 Å². The first-order valence-electron chi connectivity index (χ1n) is 7.79. The third-order valence-corrected chi connectivity index (χ3v) is 4.50. The lowest BCUT2D eigenvalue weighted by Gasteiger charge is -2.17. The zero-order chi connectivity index (χ0) is 15.7. The van der Waals surface area contributed by atoms with Gasteiger partial charge in [0.1, 0.15) is 0 Å². The van der Waals surface area contributed by atoms with Gasteiger partial charge in [0.2, 0.25) is 5.91 Å². The van der Waals surface area contributed by atoms with Crippen molar-refractivity contribution in [1.82, 2.24) is 20.5 Å². The average molecular weight is 302 g/mol. The van der Waals surface area contributed by atoms with Crippen LogP contribution in [0.15, 0.2) is 18.3 Å². The molecule has 3 amide bonds. The quantitative estimate of drug-likeness (QED) is 0.877. The number of aryl methyl sites for hydroxylation is 1. The molecule has 2 aliphatic rings. The molecule has 0 spiro atoms. The van der Waals surface area contributed by atoms with Crippen LogP contribution in [-0.4, -0.2) is 40.5 Å². The van der Waals surface area contributed by atoms with E-state index in [1.807, 2.05) is 24.0 Å². The van der Waals surface area contributed by atoms with E-state index in [-0.39, 0.29) is 18.0 Å². The number of carbonyl (C=O) groups excluding carboxylic acids is 2.